The molecule has 0 bridgehead atoms. The summed E-state index contributed by atoms with van der Waals surface area (Å²) in [4.78, 5) is 28.4. The van der Waals surface area contributed by atoms with E-state index in [-0.39, 0.29) is 10.7 Å². The fourth-order valence-corrected chi connectivity index (χ4v) is 3.03. The number of anilines is 1. The van der Waals surface area contributed by atoms with Crippen LogP contribution >= 0.6 is 11.6 Å². The van der Waals surface area contributed by atoms with Crippen molar-refractivity contribution in [3.8, 4) is 11.5 Å². The van der Waals surface area contributed by atoms with E-state index < -0.39 is 18.5 Å². The molecule has 148 valence electrons. The number of halogens is 1. The third kappa shape index (κ3) is 5.56. The predicted octanol–water partition coefficient (Wildman–Crippen LogP) is 4.94. The molecule has 0 fully saturated rings. The maximum absolute atomic E-state index is 12.2. The zero-order chi connectivity index (χ0) is 20.8. The number of carbonyl (C=O) groups excluding carboxylic acids is 2. The highest BCUT2D eigenvalue weighted by molar-refractivity contribution is 6.32. The van der Waals surface area contributed by atoms with Gasteiger partial charge < -0.3 is 14.8 Å². The van der Waals surface area contributed by atoms with Crippen molar-refractivity contribution in [1.29, 1.82) is 0 Å². The topological polar surface area (TPSA) is 77.5 Å². The Kier molecular flexibility index (Phi) is 6.46. The highest BCUT2D eigenvalue weighted by Crippen LogP contribution is 2.23. The van der Waals surface area contributed by atoms with Gasteiger partial charge in [-0.3, -0.25) is 4.79 Å². The average Bonchev–Trinajstić information content (AvgIpc) is 2.68. The third-order valence-corrected chi connectivity index (χ3v) is 4.23. The van der Waals surface area contributed by atoms with E-state index in [0.717, 1.165) is 5.75 Å². The molecule has 3 aromatic rings. The summed E-state index contributed by atoms with van der Waals surface area (Å²) in [6, 6.07) is 17.9. The summed E-state index contributed by atoms with van der Waals surface area (Å²) in [7, 11) is 0. The molecule has 0 aliphatic heterocycles. The Labute approximate surface area is 173 Å². The molecule has 1 N–H and O–H groups in total. The first-order chi connectivity index (χ1) is 13.9. The maximum Gasteiger partial charge on any atom is 0.342 e. The molecule has 7 heteroatoms. The fraction of sp³-hybridized carbons (Fsp3) is 0.136. The van der Waals surface area contributed by atoms with Gasteiger partial charge in [-0.25, -0.2) is 9.78 Å². The van der Waals surface area contributed by atoms with Crippen LogP contribution in [-0.2, 0) is 9.53 Å². The monoisotopic (exact) mass is 410 g/mol. The van der Waals surface area contributed by atoms with E-state index in [4.69, 9.17) is 21.1 Å². The van der Waals surface area contributed by atoms with Crippen molar-refractivity contribution >= 4 is 29.2 Å². The molecular weight excluding hydrogens is 392 g/mol. The molecule has 0 aliphatic carbocycles. The van der Waals surface area contributed by atoms with Crippen LogP contribution in [-0.4, -0.2) is 23.5 Å². The van der Waals surface area contributed by atoms with Gasteiger partial charge in [-0.2, -0.15) is 0 Å². The quantitative estimate of drug-likeness (QED) is 0.460. The number of carbonyl (C=O) groups is 2. The Bertz CT molecular complexity index is 998. The van der Waals surface area contributed by atoms with Crippen molar-refractivity contribution in [3.63, 3.8) is 0 Å². The number of para-hydroxylation sites is 1. The van der Waals surface area contributed by atoms with Gasteiger partial charge in [-0.15, -0.1) is 0 Å². The normalized spacial score (nSPS) is 10.3. The number of amides is 1. The van der Waals surface area contributed by atoms with E-state index in [1.807, 2.05) is 30.3 Å². The summed E-state index contributed by atoms with van der Waals surface area (Å²) in [5, 5.41) is 2.72. The van der Waals surface area contributed by atoms with Crippen LogP contribution in [0.25, 0.3) is 0 Å². The van der Waals surface area contributed by atoms with Gasteiger partial charge in [0.2, 0.25) is 0 Å². The van der Waals surface area contributed by atoms with Gasteiger partial charge in [-0.05, 0) is 61.9 Å². The molecule has 6 nitrogen and oxygen atoms in total. The second-order valence-electron chi connectivity index (χ2n) is 6.31. The van der Waals surface area contributed by atoms with Crippen LogP contribution in [0.1, 0.15) is 21.6 Å². The van der Waals surface area contributed by atoms with Crippen LogP contribution in [0.4, 0.5) is 5.69 Å². The van der Waals surface area contributed by atoms with Gasteiger partial charge in [0.1, 0.15) is 16.7 Å². The second kappa shape index (κ2) is 9.21. The van der Waals surface area contributed by atoms with E-state index in [1.54, 1.807) is 44.2 Å². The highest BCUT2D eigenvalue weighted by atomic mass is 35.5. The molecule has 0 radical (unpaired) electrons. The summed E-state index contributed by atoms with van der Waals surface area (Å²) in [6.45, 7) is 3.07. The van der Waals surface area contributed by atoms with Crippen LogP contribution in [0.15, 0.2) is 60.7 Å². The first-order valence-electron chi connectivity index (χ1n) is 8.86. The molecule has 2 aromatic carbocycles. The molecule has 3 rings (SSSR count). The van der Waals surface area contributed by atoms with Gasteiger partial charge >= 0.3 is 5.97 Å². The molecule has 0 saturated carbocycles. The summed E-state index contributed by atoms with van der Waals surface area (Å²) in [5.41, 5.74) is 2.05. The first kappa shape index (κ1) is 20.4. The molecule has 29 heavy (non-hydrogen) atoms. The molecular formula is C22H19ClN2O4. The summed E-state index contributed by atoms with van der Waals surface area (Å²) >= 11 is 6.02. The number of aryl methyl sites for hydroxylation is 2. The Hall–Kier alpha value is -3.38. The lowest BCUT2D eigenvalue weighted by atomic mass is 10.1. The zero-order valence-corrected chi connectivity index (χ0v) is 16.7. The van der Waals surface area contributed by atoms with Crippen molar-refractivity contribution in [2.24, 2.45) is 0 Å². The molecule has 1 heterocycles. The van der Waals surface area contributed by atoms with Crippen molar-refractivity contribution < 1.29 is 19.1 Å². The van der Waals surface area contributed by atoms with Crippen LogP contribution in [0, 0.1) is 13.8 Å². The van der Waals surface area contributed by atoms with Gasteiger partial charge in [0.05, 0.1) is 5.56 Å². The third-order valence-electron chi connectivity index (χ3n) is 3.96. The van der Waals surface area contributed by atoms with Crippen molar-refractivity contribution in [1.82, 2.24) is 4.98 Å². The minimum absolute atomic E-state index is 0.0573. The lowest BCUT2D eigenvalue weighted by Gasteiger charge is -2.10. The Balaban J connectivity index is 1.54. The van der Waals surface area contributed by atoms with Crippen LogP contribution in [0.2, 0.25) is 5.15 Å². The molecule has 1 aromatic heterocycles. The number of ether oxygens (including phenoxy) is 2. The maximum atomic E-state index is 12.2. The van der Waals surface area contributed by atoms with Crippen LogP contribution < -0.4 is 10.1 Å². The van der Waals surface area contributed by atoms with E-state index in [0.29, 0.717) is 22.7 Å². The largest absolute Gasteiger partial charge is 0.457 e. The van der Waals surface area contributed by atoms with Gasteiger partial charge in [0.15, 0.2) is 6.61 Å². The number of nitrogens with one attached hydrogen (secondary N) is 1. The summed E-state index contributed by atoms with van der Waals surface area (Å²) in [5.74, 6) is 0.194. The van der Waals surface area contributed by atoms with Crippen molar-refractivity contribution in [3.05, 3.63) is 82.6 Å². The van der Waals surface area contributed by atoms with Crippen LogP contribution in [0.3, 0.4) is 0 Å². The molecule has 1 amide bonds. The molecule has 0 unspecified atom stereocenters. The standard InChI is InChI=1S/C22H19ClN2O4/c1-14-12-15(2)24-21(23)20(14)22(27)28-13-19(26)25-16-8-10-18(11-9-16)29-17-6-4-3-5-7-17/h3-12H,13H2,1-2H3,(H,25,26). The lowest BCUT2D eigenvalue weighted by molar-refractivity contribution is -0.119. The lowest BCUT2D eigenvalue weighted by Crippen LogP contribution is -2.21. The first-order valence-corrected chi connectivity index (χ1v) is 9.24. The number of hydrogen-bond donors (Lipinski definition) is 1. The molecule has 0 saturated heterocycles. The average molecular weight is 411 g/mol. The Morgan fingerprint density at radius 3 is 2.31 bits per heavy atom. The number of esters is 1. The van der Waals surface area contributed by atoms with Crippen molar-refractivity contribution in [2.75, 3.05) is 11.9 Å². The highest BCUT2D eigenvalue weighted by Gasteiger charge is 2.18. The van der Waals surface area contributed by atoms with Gasteiger partial charge in [0, 0.05) is 11.4 Å². The summed E-state index contributed by atoms with van der Waals surface area (Å²) < 4.78 is 10.8. The SMILES string of the molecule is Cc1cc(C)c(C(=O)OCC(=O)Nc2ccc(Oc3ccccc3)cc2)c(Cl)n1. The van der Waals surface area contributed by atoms with Crippen LogP contribution in [0.5, 0.6) is 11.5 Å². The minimum atomic E-state index is -0.693. The number of aromatic nitrogens is 1. The number of rotatable bonds is 6. The van der Waals surface area contributed by atoms with Gasteiger partial charge in [0.25, 0.3) is 5.91 Å². The zero-order valence-electron chi connectivity index (χ0n) is 15.9. The second-order valence-corrected chi connectivity index (χ2v) is 6.67. The van der Waals surface area contributed by atoms with Crippen molar-refractivity contribution in [2.45, 2.75) is 13.8 Å². The van der Waals surface area contributed by atoms with Gasteiger partial charge in [-0.1, -0.05) is 29.8 Å². The van der Waals surface area contributed by atoms with E-state index in [2.05, 4.69) is 10.3 Å². The Morgan fingerprint density at radius 1 is 1.00 bits per heavy atom. The number of pyridine rings is 1. The number of benzene rings is 2. The molecule has 0 aliphatic rings. The Morgan fingerprint density at radius 2 is 1.66 bits per heavy atom. The molecule has 0 spiro atoms. The number of hydrogen-bond acceptors (Lipinski definition) is 5. The molecule has 0 atom stereocenters. The minimum Gasteiger partial charge on any atom is -0.457 e. The predicted molar refractivity (Wildman–Crippen MR) is 111 cm³/mol. The van der Waals surface area contributed by atoms with E-state index >= 15 is 0 Å². The number of nitrogens with zero attached hydrogens (tertiary/aromatic N) is 1. The van der Waals surface area contributed by atoms with E-state index in [9.17, 15) is 9.59 Å². The smallest absolute Gasteiger partial charge is 0.342 e. The summed E-state index contributed by atoms with van der Waals surface area (Å²) in [6.07, 6.45) is 0. The van der Waals surface area contributed by atoms with E-state index in [1.165, 1.54) is 0 Å². The fourth-order valence-electron chi connectivity index (χ4n) is 2.67.